The molecule has 1 rings (SSSR count). The van der Waals surface area contributed by atoms with Gasteiger partial charge in [-0.2, -0.15) is 0 Å². The maximum absolute atomic E-state index is 11.5. The molecule has 0 bridgehead atoms. The molecule has 184 valence electrons. The molecule has 0 aliphatic heterocycles. The Morgan fingerprint density at radius 3 is 1.53 bits per heavy atom. The average molecular weight is 446 g/mol. The fraction of sp³-hybridized carbons (Fsp3) is 0.759. The molecule has 0 saturated heterocycles. The predicted octanol–water partition coefficient (Wildman–Crippen LogP) is 8.64. The summed E-state index contributed by atoms with van der Waals surface area (Å²) >= 11 is 0. The second kappa shape index (κ2) is 20.1. The lowest BCUT2D eigenvalue weighted by molar-refractivity contribution is -0.144. The molecule has 32 heavy (non-hydrogen) atoms. The van der Waals surface area contributed by atoms with Crippen molar-refractivity contribution in [3.8, 4) is 0 Å². The van der Waals surface area contributed by atoms with E-state index in [0.717, 1.165) is 18.5 Å². The summed E-state index contributed by atoms with van der Waals surface area (Å²) in [6.45, 7) is 4.70. The van der Waals surface area contributed by atoms with E-state index in [0.29, 0.717) is 18.9 Å². The number of hydrogen-bond acceptors (Lipinski definition) is 3. The van der Waals surface area contributed by atoms with E-state index in [-0.39, 0.29) is 5.97 Å². The molecule has 0 aromatic heterocycles. The zero-order chi connectivity index (χ0) is 23.3. The Morgan fingerprint density at radius 2 is 1.09 bits per heavy atom. The van der Waals surface area contributed by atoms with Crippen LogP contribution in [0.1, 0.15) is 129 Å². The Kier molecular flexibility index (Phi) is 17.9. The highest BCUT2D eigenvalue weighted by atomic mass is 16.5. The van der Waals surface area contributed by atoms with Gasteiger partial charge in [0.05, 0.1) is 6.61 Å². The normalized spacial score (nSPS) is 11.2. The monoisotopic (exact) mass is 445 g/mol. The van der Waals surface area contributed by atoms with Crippen LogP contribution >= 0.6 is 0 Å². The third kappa shape index (κ3) is 18.1. The lowest BCUT2D eigenvalue weighted by Crippen LogP contribution is -2.09. The van der Waals surface area contributed by atoms with E-state index in [2.05, 4.69) is 26.0 Å². The van der Waals surface area contributed by atoms with Gasteiger partial charge >= 0.3 is 5.97 Å². The van der Waals surface area contributed by atoms with Crippen molar-refractivity contribution in [2.75, 3.05) is 12.3 Å². The number of benzene rings is 1. The molecule has 2 N–H and O–H groups in total. The van der Waals surface area contributed by atoms with Gasteiger partial charge in [-0.3, -0.25) is 4.79 Å². The summed E-state index contributed by atoms with van der Waals surface area (Å²) in [7, 11) is 0. The number of aryl methyl sites for hydroxylation is 1. The lowest BCUT2D eigenvalue weighted by Gasteiger charge is -2.07. The van der Waals surface area contributed by atoms with Crippen LogP contribution in [0.15, 0.2) is 24.3 Å². The lowest BCUT2D eigenvalue weighted by atomic mass is 10.0. The highest BCUT2D eigenvalue weighted by molar-refractivity contribution is 5.69. The minimum absolute atomic E-state index is 0.0203. The van der Waals surface area contributed by atoms with Crippen molar-refractivity contribution in [2.24, 2.45) is 5.92 Å². The van der Waals surface area contributed by atoms with Gasteiger partial charge in [0.1, 0.15) is 0 Å². The van der Waals surface area contributed by atoms with E-state index in [9.17, 15) is 4.79 Å². The number of rotatable bonds is 21. The van der Waals surface area contributed by atoms with Crippen LogP contribution in [-0.4, -0.2) is 12.6 Å². The third-order valence-corrected chi connectivity index (χ3v) is 6.15. The van der Waals surface area contributed by atoms with Crippen LogP contribution in [0.4, 0.5) is 5.69 Å². The Balaban J connectivity index is 1.72. The van der Waals surface area contributed by atoms with Gasteiger partial charge in [-0.05, 0) is 42.9 Å². The largest absolute Gasteiger partial charge is 0.465 e. The topological polar surface area (TPSA) is 52.3 Å². The molecule has 0 fully saturated rings. The third-order valence-electron chi connectivity index (χ3n) is 6.15. The number of carbonyl (C=O) groups is 1. The molecule has 3 nitrogen and oxygen atoms in total. The summed E-state index contributed by atoms with van der Waals surface area (Å²) < 4.78 is 5.21. The second-order valence-electron chi connectivity index (χ2n) is 9.98. The molecule has 0 heterocycles. The molecule has 1 aromatic carbocycles. The first-order valence-electron chi connectivity index (χ1n) is 13.6. The van der Waals surface area contributed by atoms with Crippen LogP contribution in [0.25, 0.3) is 0 Å². The summed E-state index contributed by atoms with van der Waals surface area (Å²) in [5, 5.41) is 0. The van der Waals surface area contributed by atoms with Crippen molar-refractivity contribution in [3.63, 3.8) is 0 Å². The van der Waals surface area contributed by atoms with E-state index < -0.39 is 0 Å². The van der Waals surface area contributed by atoms with Crippen LogP contribution in [0, 0.1) is 5.92 Å². The fourth-order valence-electron chi connectivity index (χ4n) is 4.09. The summed E-state index contributed by atoms with van der Waals surface area (Å²) in [6, 6.07) is 8.33. The standard InChI is InChI=1S/C29H51NO2/c1-26(2)25-32-29(31)20-18-16-14-12-10-8-6-4-3-5-7-9-11-13-15-17-19-27-21-23-28(30)24-22-27/h21-24,26H,3-20,25,30H2,1-2H3. The molecule has 1 aromatic rings. The Labute approximate surface area is 198 Å². The minimum atomic E-state index is -0.0203. The molecule has 0 atom stereocenters. The number of unbranched alkanes of at least 4 members (excludes halogenated alkanes) is 15. The van der Waals surface area contributed by atoms with Crippen molar-refractivity contribution in [1.82, 2.24) is 0 Å². The van der Waals surface area contributed by atoms with Gasteiger partial charge in [0.15, 0.2) is 0 Å². The molecule has 0 spiro atoms. The van der Waals surface area contributed by atoms with Crippen LogP contribution < -0.4 is 5.73 Å². The number of anilines is 1. The molecular weight excluding hydrogens is 394 g/mol. The Hall–Kier alpha value is -1.51. The van der Waals surface area contributed by atoms with E-state index in [1.807, 2.05) is 12.1 Å². The predicted molar refractivity (Wildman–Crippen MR) is 139 cm³/mol. The van der Waals surface area contributed by atoms with Gasteiger partial charge in [-0.1, -0.05) is 116 Å². The second-order valence-corrected chi connectivity index (χ2v) is 9.98. The molecule has 0 unspecified atom stereocenters. The quantitative estimate of drug-likeness (QED) is 0.117. The molecule has 3 heteroatoms. The zero-order valence-electron chi connectivity index (χ0n) is 21.2. The summed E-state index contributed by atoms with van der Waals surface area (Å²) in [5.41, 5.74) is 8.01. The summed E-state index contributed by atoms with van der Waals surface area (Å²) in [5.74, 6) is 0.411. The molecule has 0 aliphatic rings. The van der Waals surface area contributed by atoms with Gasteiger partial charge in [0.2, 0.25) is 0 Å². The van der Waals surface area contributed by atoms with Gasteiger partial charge in [0, 0.05) is 12.1 Å². The zero-order valence-corrected chi connectivity index (χ0v) is 21.2. The number of nitrogens with two attached hydrogens (primary N) is 1. The maximum Gasteiger partial charge on any atom is 0.305 e. The minimum Gasteiger partial charge on any atom is -0.465 e. The molecule has 0 amide bonds. The van der Waals surface area contributed by atoms with E-state index in [1.54, 1.807) is 0 Å². The van der Waals surface area contributed by atoms with Crippen LogP contribution in [0.5, 0.6) is 0 Å². The van der Waals surface area contributed by atoms with Crippen molar-refractivity contribution < 1.29 is 9.53 Å². The van der Waals surface area contributed by atoms with Crippen LogP contribution in [0.2, 0.25) is 0 Å². The molecule has 0 radical (unpaired) electrons. The first kappa shape index (κ1) is 28.5. The SMILES string of the molecule is CC(C)COC(=O)CCCCCCCCCCCCCCCCCCc1ccc(N)cc1. The maximum atomic E-state index is 11.5. The summed E-state index contributed by atoms with van der Waals surface area (Å²) in [4.78, 5) is 11.5. The van der Waals surface area contributed by atoms with E-state index >= 15 is 0 Å². The number of esters is 1. The number of ether oxygens (including phenoxy) is 1. The number of carbonyl (C=O) groups excluding carboxylic acids is 1. The van der Waals surface area contributed by atoms with Crippen molar-refractivity contribution in [2.45, 2.75) is 129 Å². The summed E-state index contributed by atoms with van der Waals surface area (Å²) in [6.07, 6.45) is 23.1. The van der Waals surface area contributed by atoms with Gasteiger partial charge in [0.25, 0.3) is 0 Å². The number of hydrogen-bond donors (Lipinski definition) is 1. The van der Waals surface area contributed by atoms with Crippen molar-refractivity contribution in [1.29, 1.82) is 0 Å². The first-order valence-corrected chi connectivity index (χ1v) is 13.6. The van der Waals surface area contributed by atoms with E-state index in [1.165, 1.54) is 102 Å². The highest BCUT2D eigenvalue weighted by Crippen LogP contribution is 2.15. The number of nitrogen functional groups attached to an aromatic ring is 1. The van der Waals surface area contributed by atoms with Gasteiger partial charge < -0.3 is 10.5 Å². The molecule has 0 saturated carbocycles. The van der Waals surface area contributed by atoms with E-state index in [4.69, 9.17) is 10.5 Å². The Bertz CT molecular complexity index is 553. The smallest absolute Gasteiger partial charge is 0.305 e. The fourth-order valence-corrected chi connectivity index (χ4v) is 4.09. The molecule has 0 aliphatic carbocycles. The highest BCUT2D eigenvalue weighted by Gasteiger charge is 2.04. The van der Waals surface area contributed by atoms with Crippen LogP contribution in [0.3, 0.4) is 0 Å². The molecular formula is C29H51NO2. The van der Waals surface area contributed by atoms with Gasteiger partial charge in [-0.15, -0.1) is 0 Å². The first-order chi connectivity index (χ1) is 15.6. The average Bonchev–Trinajstić information content (AvgIpc) is 2.78. The van der Waals surface area contributed by atoms with Crippen molar-refractivity contribution in [3.05, 3.63) is 29.8 Å². The van der Waals surface area contributed by atoms with Gasteiger partial charge in [-0.25, -0.2) is 0 Å². The van der Waals surface area contributed by atoms with Crippen LogP contribution in [-0.2, 0) is 16.0 Å². The van der Waals surface area contributed by atoms with Crippen molar-refractivity contribution >= 4 is 11.7 Å². The Morgan fingerprint density at radius 1 is 0.688 bits per heavy atom.